The van der Waals surface area contributed by atoms with E-state index >= 15 is 0 Å². The molecule has 1 aromatic carbocycles. The van der Waals surface area contributed by atoms with E-state index < -0.39 is 16.1 Å². The Morgan fingerprint density at radius 2 is 2.08 bits per heavy atom. The van der Waals surface area contributed by atoms with Gasteiger partial charge in [0, 0.05) is 0 Å². The maximum absolute atomic E-state index is 12.6. The molecule has 1 rings (SSSR count). The van der Waals surface area contributed by atoms with Crippen molar-refractivity contribution in [2.24, 2.45) is 0 Å². The first-order valence-electron chi connectivity index (χ1n) is 3.09. The van der Waals surface area contributed by atoms with E-state index in [1.165, 1.54) is 0 Å². The lowest BCUT2D eigenvalue weighted by molar-refractivity contribution is 0.489. The molecular weight excluding hydrogens is 221 g/mol. The van der Waals surface area contributed by atoms with Crippen molar-refractivity contribution in [2.75, 3.05) is 4.72 Å². The number of hydrogen-bond donors (Lipinski definition) is 2. The SMILES string of the molecule is O=S(=O)(O)Nc1ccc(F)c(Cl)c1. The Labute approximate surface area is 79.2 Å². The van der Waals surface area contributed by atoms with Gasteiger partial charge in [-0.05, 0) is 18.2 Å². The highest BCUT2D eigenvalue weighted by Gasteiger charge is 2.06. The molecule has 0 fully saturated rings. The molecular formula is C6H5ClFNO3S. The first kappa shape index (κ1) is 10.2. The Kier molecular flexibility index (Phi) is 2.74. The molecule has 0 saturated carbocycles. The van der Waals surface area contributed by atoms with Crippen LogP contribution in [0.5, 0.6) is 0 Å². The van der Waals surface area contributed by atoms with Crippen LogP contribution in [-0.2, 0) is 10.3 Å². The van der Waals surface area contributed by atoms with E-state index in [4.69, 9.17) is 16.2 Å². The van der Waals surface area contributed by atoms with E-state index in [9.17, 15) is 12.8 Å². The maximum atomic E-state index is 12.6. The second-order valence-corrected chi connectivity index (χ2v) is 3.77. The number of nitrogens with one attached hydrogen (secondary N) is 1. The Bertz CT molecular complexity index is 420. The number of halogens is 2. The molecule has 1 aromatic rings. The Morgan fingerprint density at radius 3 is 2.54 bits per heavy atom. The van der Waals surface area contributed by atoms with Crippen LogP contribution < -0.4 is 4.72 Å². The smallest absolute Gasteiger partial charge is 0.269 e. The van der Waals surface area contributed by atoms with E-state index in [-0.39, 0.29) is 10.7 Å². The molecule has 72 valence electrons. The third-order valence-corrected chi connectivity index (χ3v) is 1.95. The zero-order chi connectivity index (χ0) is 10.1. The van der Waals surface area contributed by atoms with Crippen molar-refractivity contribution in [3.05, 3.63) is 29.0 Å². The summed E-state index contributed by atoms with van der Waals surface area (Å²) < 4.78 is 43.3. The summed E-state index contributed by atoms with van der Waals surface area (Å²) in [5.74, 6) is -0.664. The van der Waals surface area contributed by atoms with Gasteiger partial charge in [0.05, 0.1) is 10.7 Å². The summed E-state index contributed by atoms with van der Waals surface area (Å²) >= 11 is 5.35. The van der Waals surface area contributed by atoms with Crippen LogP contribution in [0.1, 0.15) is 0 Å². The zero-order valence-electron chi connectivity index (χ0n) is 6.16. The van der Waals surface area contributed by atoms with Crippen LogP contribution in [0.2, 0.25) is 5.02 Å². The highest BCUT2D eigenvalue weighted by Crippen LogP contribution is 2.19. The van der Waals surface area contributed by atoms with Crippen LogP contribution in [0, 0.1) is 5.82 Å². The van der Waals surface area contributed by atoms with Gasteiger partial charge in [-0.1, -0.05) is 11.6 Å². The third-order valence-electron chi connectivity index (χ3n) is 1.17. The van der Waals surface area contributed by atoms with Gasteiger partial charge in [0.2, 0.25) is 0 Å². The lowest BCUT2D eigenvalue weighted by atomic mass is 10.3. The number of rotatable bonds is 2. The molecule has 0 radical (unpaired) electrons. The Morgan fingerprint density at radius 1 is 1.46 bits per heavy atom. The molecule has 4 nitrogen and oxygen atoms in total. The molecule has 0 aromatic heterocycles. The molecule has 0 amide bonds. The predicted molar refractivity (Wildman–Crippen MR) is 46.6 cm³/mol. The fraction of sp³-hybridized carbons (Fsp3) is 0. The van der Waals surface area contributed by atoms with Gasteiger partial charge in [-0.2, -0.15) is 8.42 Å². The van der Waals surface area contributed by atoms with E-state index in [0.717, 1.165) is 18.2 Å². The van der Waals surface area contributed by atoms with Gasteiger partial charge in [-0.15, -0.1) is 0 Å². The summed E-state index contributed by atoms with van der Waals surface area (Å²) in [5.41, 5.74) is -0.00565. The van der Waals surface area contributed by atoms with Crippen molar-refractivity contribution in [3.63, 3.8) is 0 Å². The normalized spacial score (nSPS) is 11.3. The topological polar surface area (TPSA) is 66.4 Å². The molecule has 0 spiro atoms. The summed E-state index contributed by atoms with van der Waals surface area (Å²) in [5, 5.41) is -0.228. The summed E-state index contributed by atoms with van der Waals surface area (Å²) in [4.78, 5) is 0. The standard InChI is InChI=1S/C6H5ClFNO3S/c7-5-3-4(1-2-6(5)8)9-13(10,11)12/h1-3,9H,(H,10,11,12). The molecule has 0 aliphatic carbocycles. The first-order chi connectivity index (χ1) is 5.88. The van der Waals surface area contributed by atoms with Gasteiger partial charge in [0.15, 0.2) is 0 Å². The van der Waals surface area contributed by atoms with E-state index in [1.54, 1.807) is 4.72 Å². The van der Waals surface area contributed by atoms with Crippen molar-refractivity contribution < 1.29 is 17.4 Å². The van der Waals surface area contributed by atoms with Gasteiger partial charge in [0.25, 0.3) is 0 Å². The molecule has 2 N–H and O–H groups in total. The van der Waals surface area contributed by atoms with E-state index in [0.29, 0.717) is 0 Å². The minimum atomic E-state index is -4.34. The second kappa shape index (κ2) is 3.49. The largest absolute Gasteiger partial charge is 0.357 e. The fourth-order valence-electron chi connectivity index (χ4n) is 0.709. The summed E-state index contributed by atoms with van der Waals surface area (Å²) in [6.45, 7) is 0. The molecule has 0 saturated heterocycles. The fourth-order valence-corrected chi connectivity index (χ4v) is 1.31. The minimum absolute atomic E-state index is 0.00565. The summed E-state index contributed by atoms with van der Waals surface area (Å²) in [6, 6.07) is 3.16. The van der Waals surface area contributed by atoms with Crippen molar-refractivity contribution in [1.29, 1.82) is 0 Å². The quantitative estimate of drug-likeness (QED) is 0.753. The maximum Gasteiger partial charge on any atom is 0.357 e. The second-order valence-electron chi connectivity index (χ2n) is 2.21. The molecule has 0 unspecified atom stereocenters. The van der Waals surface area contributed by atoms with Gasteiger partial charge in [-0.3, -0.25) is 9.27 Å². The lowest BCUT2D eigenvalue weighted by Gasteiger charge is -2.02. The first-order valence-corrected chi connectivity index (χ1v) is 4.90. The minimum Gasteiger partial charge on any atom is -0.269 e. The number of anilines is 1. The number of benzene rings is 1. The number of hydrogen-bond acceptors (Lipinski definition) is 2. The average Bonchev–Trinajstić information content (AvgIpc) is 1.94. The summed E-state index contributed by atoms with van der Waals surface area (Å²) in [7, 11) is -4.34. The molecule has 13 heavy (non-hydrogen) atoms. The third kappa shape index (κ3) is 3.17. The predicted octanol–water partition coefficient (Wildman–Crippen LogP) is 1.69. The van der Waals surface area contributed by atoms with Crippen molar-refractivity contribution in [1.82, 2.24) is 0 Å². The van der Waals surface area contributed by atoms with Crippen LogP contribution in [0.3, 0.4) is 0 Å². The molecule has 0 heterocycles. The zero-order valence-corrected chi connectivity index (χ0v) is 7.73. The monoisotopic (exact) mass is 225 g/mol. The van der Waals surface area contributed by atoms with Gasteiger partial charge in [-0.25, -0.2) is 4.39 Å². The van der Waals surface area contributed by atoms with Gasteiger partial charge < -0.3 is 0 Å². The van der Waals surface area contributed by atoms with Gasteiger partial charge in [0.1, 0.15) is 5.82 Å². The molecule has 7 heteroatoms. The van der Waals surface area contributed by atoms with Crippen molar-refractivity contribution in [2.45, 2.75) is 0 Å². The Balaban J connectivity index is 2.99. The van der Waals surface area contributed by atoms with Crippen molar-refractivity contribution >= 4 is 27.6 Å². The highest BCUT2D eigenvalue weighted by atomic mass is 35.5. The van der Waals surface area contributed by atoms with E-state index in [2.05, 4.69) is 0 Å². The van der Waals surface area contributed by atoms with E-state index in [1.807, 2.05) is 0 Å². The van der Waals surface area contributed by atoms with Crippen LogP contribution in [0.4, 0.5) is 10.1 Å². The molecule has 0 bridgehead atoms. The van der Waals surface area contributed by atoms with Crippen LogP contribution in [0.25, 0.3) is 0 Å². The van der Waals surface area contributed by atoms with Gasteiger partial charge >= 0.3 is 10.3 Å². The summed E-state index contributed by atoms with van der Waals surface area (Å²) in [6.07, 6.45) is 0. The van der Waals surface area contributed by atoms with Crippen molar-refractivity contribution in [3.8, 4) is 0 Å². The lowest BCUT2D eigenvalue weighted by Crippen LogP contribution is -2.10. The van der Waals surface area contributed by atoms with Crippen LogP contribution in [0.15, 0.2) is 18.2 Å². The molecule has 0 aliphatic heterocycles. The molecule has 0 aliphatic rings. The Hall–Kier alpha value is -0.850. The van der Waals surface area contributed by atoms with Crippen LogP contribution in [-0.4, -0.2) is 13.0 Å². The van der Waals surface area contributed by atoms with Crippen LogP contribution >= 0.6 is 11.6 Å². The molecule has 0 atom stereocenters. The average molecular weight is 226 g/mol. The highest BCUT2D eigenvalue weighted by molar-refractivity contribution is 7.87.